The second kappa shape index (κ2) is 7.65. The Morgan fingerprint density at radius 3 is 1.12 bits per heavy atom. The lowest BCUT2D eigenvalue weighted by molar-refractivity contribution is 0.381. The van der Waals surface area contributed by atoms with E-state index in [0.717, 1.165) is 0 Å². The molecule has 0 fully saturated rings. The molecule has 0 heterocycles. The fourth-order valence-corrected chi connectivity index (χ4v) is 0. The van der Waals surface area contributed by atoms with Gasteiger partial charge in [-0.3, -0.25) is 9.11 Å². The molecule has 0 aliphatic rings. The van der Waals surface area contributed by atoms with Gasteiger partial charge in [-0.25, -0.2) is 0 Å². The van der Waals surface area contributed by atoms with Gasteiger partial charge in [0, 0.05) is 0 Å². The van der Waals surface area contributed by atoms with E-state index in [2.05, 4.69) is 0 Å². The van der Waals surface area contributed by atoms with Gasteiger partial charge in [-0.05, 0) is 0 Å². The highest BCUT2D eigenvalue weighted by atomic mass is 35.5. The van der Waals surface area contributed by atoms with Gasteiger partial charge < -0.3 is 5.48 Å². The van der Waals surface area contributed by atoms with Crippen molar-refractivity contribution in [2.75, 3.05) is 0 Å². The van der Waals surface area contributed by atoms with E-state index in [1.807, 2.05) is 0 Å². The largest absolute Gasteiger partial charge is 0.412 e. The van der Waals surface area contributed by atoms with Gasteiger partial charge in [0.1, 0.15) is 0 Å². The Morgan fingerprint density at radius 1 is 1.12 bits per heavy atom. The first-order valence-corrected chi connectivity index (χ1v) is 2.10. The minimum Gasteiger partial charge on any atom is -0.412 e. The molecule has 0 aliphatic heterocycles. The Hall–Kier alpha value is 0.652. The lowest BCUT2D eigenvalue weighted by atomic mass is 15.8. The molecule has 0 aromatic rings. The quantitative estimate of drug-likeness (QED) is 0.326. The molecule has 0 unspecified atom stereocenters. The maximum atomic E-state index is 8.74. The zero-order valence-electron chi connectivity index (χ0n) is 3.03. The fraction of sp³-hybridized carbons (Fsp3) is 0. The molecular formula is H8AlClO5S. The molecule has 0 bridgehead atoms. The van der Waals surface area contributed by atoms with Gasteiger partial charge in [0.15, 0.2) is 17.4 Å². The Morgan fingerprint density at radius 2 is 1.12 bits per heavy atom. The summed E-state index contributed by atoms with van der Waals surface area (Å²) in [6.45, 7) is 0. The maximum absolute atomic E-state index is 8.74. The monoisotopic (exact) mass is 182 g/mol. The predicted octanol–water partition coefficient (Wildman–Crippen LogP) is -2.24. The van der Waals surface area contributed by atoms with E-state index < -0.39 is 10.4 Å². The van der Waals surface area contributed by atoms with Gasteiger partial charge >= 0.3 is 10.4 Å². The van der Waals surface area contributed by atoms with E-state index in [-0.39, 0.29) is 35.2 Å². The number of halogens is 1. The SMILES string of the molecule is Cl.O.O=S(=O)(O)O.[AlH3]. The summed E-state index contributed by atoms with van der Waals surface area (Å²) in [6.07, 6.45) is 0. The predicted molar refractivity (Wildman–Crippen MR) is 35.0 cm³/mol. The van der Waals surface area contributed by atoms with Crippen LogP contribution in [0, 0.1) is 0 Å². The van der Waals surface area contributed by atoms with Crippen molar-refractivity contribution in [1.82, 2.24) is 0 Å². The first kappa shape index (κ1) is 23.4. The van der Waals surface area contributed by atoms with E-state index in [9.17, 15) is 0 Å². The summed E-state index contributed by atoms with van der Waals surface area (Å²) in [5.74, 6) is 0. The molecule has 0 saturated heterocycles. The second-order valence-electron chi connectivity index (χ2n) is 0.448. The van der Waals surface area contributed by atoms with Crippen LogP contribution in [0.4, 0.5) is 0 Å². The standard InChI is InChI=1S/Al.ClH.H2O4S.H2O.3H/c;;1-5(2,3)4;;;;/h;1H;(H2,1,2,3,4);1H2;;;. The van der Waals surface area contributed by atoms with Crippen LogP contribution in [0.3, 0.4) is 0 Å². The molecule has 4 N–H and O–H groups in total. The van der Waals surface area contributed by atoms with Gasteiger partial charge in [0.2, 0.25) is 0 Å². The zero-order chi connectivity index (χ0) is 4.50. The third kappa shape index (κ3) is 499. The second-order valence-corrected chi connectivity index (χ2v) is 1.34. The maximum Gasteiger partial charge on any atom is 0.394 e. The van der Waals surface area contributed by atoms with E-state index >= 15 is 0 Å². The normalized spacial score (nSPS) is 7.25. The zero-order valence-corrected chi connectivity index (χ0v) is 4.66. The third-order valence-electron chi connectivity index (χ3n) is 0. The minimum atomic E-state index is -4.67. The molecule has 8 heteroatoms. The number of hydrogen-bond acceptors (Lipinski definition) is 2. The molecule has 0 spiro atoms. The van der Waals surface area contributed by atoms with Gasteiger partial charge in [0.25, 0.3) is 0 Å². The molecule has 0 aromatic heterocycles. The average molecular weight is 183 g/mol. The molecule has 0 atom stereocenters. The van der Waals surface area contributed by atoms with Crippen LogP contribution in [0.5, 0.6) is 0 Å². The van der Waals surface area contributed by atoms with Gasteiger partial charge in [-0.2, -0.15) is 8.42 Å². The molecule has 0 rings (SSSR count). The first-order chi connectivity index (χ1) is 2.00. The van der Waals surface area contributed by atoms with Crippen molar-refractivity contribution in [3.63, 3.8) is 0 Å². The third-order valence-corrected chi connectivity index (χ3v) is 0. The van der Waals surface area contributed by atoms with Crippen molar-refractivity contribution >= 4 is 40.2 Å². The van der Waals surface area contributed by atoms with Crippen LogP contribution in [0.2, 0.25) is 0 Å². The molecule has 5 nitrogen and oxygen atoms in total. The van der Waals surface area contributed by atoms with E-state index in [1.54, 1.807) is 0 Å². The van der Waals surface area contributed by atoms with Crippen LogP contribution in [-0.4, -0.2) is 40.4 Å². The lowest BCUT2D eigenvalue weighted by Crippen LogP contribution is -1.89. The Labute approximate surface area is 63.5 Å². The van der Waals surface area contributed by atoms with Gasteiger partial charge in [-0.1, -0.05) is 0 Å². The fourth-order valence-electron chi connectivity index (χ4n) is 0. The van der Waals surface area contributed by atoms with Crippen molar-refractivity contribution in [2.45, 2.75) is 0 Å². The first-order valence-electron chi connectivity index (χ1n) is 0.698. The van der Waals surface area contributed by atoms with Crippen LogP contribution >= 0.6 is 12.4 Å². The Balaban J connectivity index is -0.0000000267. The molecule has 54 valence electrons. The van der Waals surface area contributed by atoms with Crippen LogP contribution < -0.4 is 0 Å². The summed E-state index contributed by atoms with van der Waals surface area (Å²) in [7, 11) is -4.67. The van der Waals surface area contributed by atoms with Crippen molar-refractivity contribution in [1.29, 1.82) is 0 Å². The molecular weight excluding hydrogens is 174 g/mol. The van der Waals surface area contributed by atoms with Crippen LogP contribution in [-0.2, 0) is 10.4 Å². The van der Waals surface area contributed by atoms with Crippen LogP contribution in [0.25, 0.3) is 0 Å². The summed E-state index contributed by atoms with van der Waals surface area (Å²) >= 11 is 0. The highest BCUT2D eigenvalue weighted by Gasteiger charge is 1.84. The topological polar surface area (TPSA) is 106 Å². The van der Waals surface area contributed by atoms with Crippen LogP contribution in [0.15, 0.2) is 0 Å². The molecule has 0 radical (unpaired) electrons. The van der Waals surface area contributed by atoms with Crippen molar-refractivity contribution in [3.8, 4) is 0 Å². The minimum absolute atomic E-state index is 0. The summed E-state index contributed by atoms with van der Waals surface area (Å²) in [5.41, 5.74) is 0. The summed E-state index contributed by atoms with van der Waals surface area (Å²) < 4.78 is 31.6. The molecule has 0 aliphatic carbocycles. The van der Waals surface area contributed by atoms with Gasteiger partial charge in [0.05, 0.1) is 0 Å². The number of hydrogen-bond donors (Lipinski definition) is 2. The smallest absolute Gasteiger partial charge is 0.394 e. The summed E-state index contributed by atoms with van der Waals surface area (Å²) in [4.78, 5) is 0. The highest BCUT2D eigenvalue weighted by molar-refractivity contribution is 7.79. The van der Waals surface area contributed by atoms with E-state index in [1.165, 1.54) is 0 Å². The Kier molecular flexibility index (Phi) is 22.4. The Bertz CT molecular complexity index is 95.6. The van der Waals surface area contributed by atoms with Crippen LogP contribution in [0.1, 0.15) is 0 Å². The van der Waals surface area contributed by atoms with Crippen molar-refractivity contribution in [3.05, 3.63) is 0 Å². The number of rotatable bonds is 0. The van der Waals surface area contributed by atoms with E-state index in [4.69, 9.17) is 17.5 Å². The van der Waals surface area contributed by atoms with Gasteiger partial charge in [-0.15, -0.1) is 12.4 Å². The van der Waals surface area contributed by atoms with E-state index in [0.29, 0.717) is 0 Å². The summed E-state index contributed by atoms with van der Waals surface area (Å²) in [5, 5.41) is 0. The lowest BCUT2D eigenvalue weighted by Gasteiger charge is -1.68. The van der Waals surface area contributed by atoms with Crippen molar-refractivity contribution < 1.29 is 23.0 Å². The van der Waals surface area contributed by atoms with Crippen molar-refractivity contribution in [2.24, 2.45) is 0 Å². The molecule has 0 saturated carbocycles. The summed E-state index contributed by atoms with van der Waals surface area (Å²) in [6, 6.07) is 0. The molecule has 0 aromatic carbocycles. The average Bonchev–Trinajstić information content (AvgIpc) is 0.722. The highest BCUT2D eigenvalue weighted by Crippen LogP contribution is 1.59. The molecule has 8 heavy (non-hydrogen) atoms. The molecule has 0 amide bonds.